The van der Waals surface area contributed by atoms with E-state index < -0.39 is 0 Å². The minimum absolute atomic E-state index is 0.315. The lowest BCUT2D eigenvalue weighted by Gasteiger charge is -2.25. The third kappa shape index (κ3) is 2.57. The number of benzene rings is 1. The molecule has 3 rings (SSSR count). The number of nitrogens with zero attached hydrogens (tertiary/aromatic N) is 1. The highest BCUT2D eigenvalue weighted by molar-refractivity contribution is 5.79. The molecule has 1 N–H and O–H groups in total. The number of hydrogen-bond donors (Lipinski definition) is 1. The van der Waals surface area contributed by atoms with Gasteiger partial charge in [-0.3, -0.25) is 4.98 Å². The number of nitrogens with one attached hydrogen (secondary N) is 1. The first kappa shape index (κ1) is 13.6. The number of rotatable bonds is 4. The van der Waals surface area contributed by atoms with Crippen LogP contribution in [0.2, 0.25) is 0 Å². The van der Waals surface area contributed by atoms with Gasteiger partial charge in [0.2, 0.25) is 0 Å². The maximum absolute atomic E-state index is 4.41. The van der Waals surface area contributed by atoms with Crippen molar-refractivity contribution >= 4 is 10.9 Å². The molecular weight excluding hydrogens is 244 g/mol. The summed E-state index contributed by atoms with van der Waals surface area (Å²) in [4.78, 5) is 4.41. The van der Waals surface area contributed by atoms with Gasteiger partial charge in [-0.25, -0.2) is 0 Å². The molecule has 2 aromatic rings. The SMILES string of the molecule is CCCNC1CCC(C)(c2ccc3ncccc3c2)C1. The lowest BCUT2D eigenvalue weighted by Crippen LogP contribution is -2.29. The Morgan fingerprint density at radius 2 is 2.25 bits per heavy atom. The van der Waals surface area contributed by atoms with Crippen molar-refractivity contribution in [2.45, 2.75) is 51.0 Å². The van der Waals surface area contributed by atoms with Crippen molar-refractivity contribution in [2.75, 3.05) is 6.54 Å². The number of fused-ring (bicyclic) bond motifs is 1. The van der Waals surface area contributed by atoms with Crippen LogP contribution >= 0.6 is 0 Å². The first-order valence-electron chi connectivity index (χ1n) is 7.80. The summed E-state index contributed by atoms with van der Waals surface area (Å²) >= 11 is 0. The highest BCUT2D eigenvalue weighted by atomic mass is 14.9. The quantitative estimate of drug-likeness (QED) is 0.905. The molecule has 1 fully saturated rings. The fourth-order valence-corrected chi connectivity index (χ4v) is 3.48. The normalized spacial score (nSPS) is 26.2. The summed E-state index contributed by atoms with van der Waals surface area (Å²) in [6.07, 6.45) is 6.90. The third-order valence-corrected chi connectivity index (χ3v) is 4.72. The molecule has 0 amide bonds. The Hall–Kier alpha value is -1.41. The lowest BCUT2D eigenvalue weighted by molar-refractivity contribution is 0.453. The van der Waals surface area contributed by atoms with E-state index in [4.69, 9.17) is 0 Å². The number of hydrogen-bond acceptors (Lipinski definition) is 2. The van der Waals surface area contributed by atoms with Gasteiger partial charge in [-0.2, -0.15) is 0 Å². The molecule has 0 spiro atoms. The molecule has 2 unspecified atom stereocenters. The topological polar surface area (TPSA) is 24.9 Å². The molecule has 1 aliphatic rings. The maximum atomic E-state index is 4.41. The predicted molar refractivity (Wildman–Crippen MR) is 85.0 cm³/mol. The van der Waals surface area contributed by atoms with Crippen molar-refractivity contribution < 1.29 is 0 Å². The second-order valence-electron chi connectivity index (χ2n) is 6.37. The van der Waals surface area contributed by atoms with Gasteiger partial charge in [0.05, 0.1) is 5.52 Å². The molecule has 0 radical (unpaired) electrons. The van der Waals surface area contributed by atoms with Crippen molar-refractivity contribution in [2.24, 2.45) is 0 Å². The fourth-order valence-electron chi connectivity index (χ4n) is 3.48. The van der Waals surface area contributed by atoms with Gasteiger partial charge in [-0.1, -0.05) is 26.0 Å². The van der Waals surface area contributed by atoms with Crippen LogP contribution in [-0.2, 0) is 5.41 Å². The Morgan fingerprint density at radius 3 is 3.10 bits per heavy atom. The van der Waals surface area contributed by atoms with E-state index in [-0.39, 0.29) is 0 Å². The molecule has 106 valence electrons. The van der Waals surface area contributed by atoms with E-state index >= 15 is 0 Å². The molecule has 2 atom stereocenters. The summed E-state index contributed by atoms with van der Waals surface area (Å²) in [5, 5.41) is 4.94. The molecule has 2 heteroatoms. The minimum Gasteiger partial charge on any atom is -0.314 e. The molecular formula is C18H24N2. The van der Waals surface area contributed by atoms with E-state index in [9.17, 15) is 0 Å². The van der Waals surface area contributed by atoms with Gasteiger partial charge in [0.1, 0.15) is 0 Å². The van der Waals surface area contributed by atoms with Crippen molar-refractivity contribution in [1.29, 1.82) is 0 Å². The maximum Gasteiger partial charge on any atom is 0.0702 e. The van der Waals surface area contributed by atoms with Crippen LogP contribution in [0.1, 0.15) is 45.1 Å². The summed E-state index contributed by atoms with van der Waals surface area (Å²) in [7, 11) is 0. The van der Waals surface area contributed by atoms with Crippen molar-refractivity contribution in [3.8, 4) is 0 Å². The Labute approximate surface area is 121 Å². The van der Waals surface area contributed by atoms with Gasteiger partial charge in [0.25, 0.3) is 0 Å². The first-order valence-corrected chi connectivity index (χ1v) is 7.80. The molecule has 0 bridgehead atoms. The molecule has 0 aliphatic heterocycles. The van der Waals surface area contributed by atoms with Gasteiger partial charge < -0.3 is 5.32 Å². The second kappa shape index (κ2) is 5.53. The molecule has 1 aromatic heterocycles. The summed E-state index contributed by atoms with van der Waals surface area (Å²) in [6, 6.07) is 11.7. The molecule has 20 heavy (non-hydrogen) atoms. The monoisotopic (exact) mass is 268 g/mol. The van der Waals surface area contributed by atoms with Gasteiger partial charge in [-0.05, 0) is 61.4 Å². The average Bonchev–Trinajstić information content (AvgIpc) is 2.87. The van der Waals surface area contributed by atoms with E-state index in [1.165, 1.54) is 36.6 Å². The van der Waals surface area contributed by atoms with Crippen LogP contribution in [0.25, 0.3) is 10.9 Å². The van der Waals surface area contributed by atoms with E-state index in [0.717, 1.165) is 12.1 Å². The zero-order valence-electron chi connectivity index (χ0n) is 12.5. The van der Waals surface area contributed by atoms with E-state index in [1.807, 2.05) is 12.3 Å². The zero-order valence-corrected chi connectivity index (χ0v) is 12.5. The Kier molecular flexibility index (Phi) is 3.75. The van der Waals surface area contributed by atoms with Gasteiger partial charge in [0, 0.05) is 17.6 Å². The molecule has 0 saturated heterocycles. The van der Waals surface area contributed by atoms with Crippen LogP contribution in [-0.4, -0.2) is 17.6 Å². The largest absolute Gasteiger partial charge is 0.314 e. The van der Waals surface area contributed by atoms with Gasteiger partial charge >= 0.3 is 0 Å². The molecule has 1 aliphatic carbocycles. The minimum atomic E-state index is 0.315. The standard InChI is InChI=1S/C18H24N2/c1-3-10-19-16-8-9-18(2,13-16)15-6-7-17-14(12-15)5-4-11-20-17/h4-7,11-12,16,19H,3,8-10,13H2,1-2H3. The number of pyridine rings is 1. The van der Waals surface area contributed by atoms with Crippen LogP contribution in [0, 0.1) is 0 Å². The molecule has 2 nitrogen and oxygen atoms in total. The molecule has 1 heterocycles. The van der Waals surface area contributed by atoms with E-state index in [2.05, 4.69) is 48.4 Å². The highest BCUT2D eigenvalue weighted by Gasteiger charge is 2.36. The predicted octanol–water partition coefficient (Wildman–Crippen LogP) is 4.04. The van der Waals surface area contributed by atoms with E-state index in [0.29, 0.717) is 11.5 Å². The van der Waals surface area contributed by atoms with Crippen LogP contribution < -0.4 is 5.32 Å². The van der Waals surface area contributed by atoms with Crippen molar-refractivity contribution in [1.82, 2.24) is 10.3 Å². The highest BCUT2D eigenvalue weighted by Crippen LogP contribution is 2.41. The third-order valence-electron chi connectivity index (χ3n) is 4.72. The first-order chi connectivity index (χ1) is 9.71. The van der Waals surface area contributed by atoms with Crippen LogP contribution in [0.15, 0.2) is 36.5 Å². The van der Waals surface area contributed by atoms with Crippen molar-refractivity contribution in [3.63, 3.8) is 0 Å². The molecule has 1 aromatic carbocycles. The van der Waals surface area contributed by atoms with Crippen molar-refractivity contribution in [3.05, 3.63) is 42.1 Å². The smallest absolute Gasteiger partial charge is 0.0702 e. The summed E-state index contributed by atoms with van der Waals surface area (Å²) in [5.74, 6) is 0. The summed E-state index contributed by atoms with van der Waals surface area (Å²) in [5.41, 5.74) is 2.88. The summed E-state index contributed by atoms with van der Waals surface area (Å²) in [6.45, 7) is 5.79. The number of aromatic nitrogens is 1. The Morgan fingerprint density at radius 1 is 1.35 bits per heavy atom. The zero-order chi connectivity index (χ0) is 14.0. The summed E-state index contributed by atoms with van der Waals surface area (Å²) < 4.78 is 0. The van der Waals surface area contributed by atoms with Gasteiger partial charge in [0.15, 0.2) is 0 Å². The lowest BCUT2D eigenvalue weighted by atomic mass is 9.80. The van der Waals surface area contributed by atoms with Crippen LogP contribution in [0.5, 0.6) is 0 Å². The Bertz CT molecular complexity index is 593. The fraction of sp³-hybridized carbons (Fsp3) is 0.500. The molecule has 1 saturated carbocycles. The van der Waals surface area contributed by atoms with E-state index in [1.54, 1.807) is 0 Å². The van der Waals surface area contributed by atoms with Crippen LogP contribution in [0.4, 0.5) is 0 Å². The van der Waals surface area contributed by atoms with Crippen LogP contribution in [0.3, 0.4) is 0 Å². The Balaban J connectivity index is 1.83. The average molecular weight is 268 g/mol. The second-order valence-corrected chi connectivity index (χ2v) is 6.37. The van der Waals surface area contributed by atoms with Gasteiger partial charge in [-0.15, -0.1) is 0 Å².